The SMILES string of the molecule is CCCCCCCCCCCCCCCCC/C=C/C(O)C(COP(=O)(O)OC1C(O)C(O)C(O)C(O)C1O)NC(=O)CC(O)CCCCCCCCCCCCCCCCCCCCCC. The molecular weight excluding hydrogens is 874 g/mol. The number of aliphatic hydroxyl groups is 7. The van der Waals surface area contributed by atoms with Crippen LogP contribution < -0.4 is 5.32 Å². The summed E-state index contributed by atoms with van der Waals surface area (Å²) in [6, 6.07) is -1.24. The number of allylic oxidation sites excluding steroid dienone is 1. The summed E-state index contributed by atoms with van der Waals surface area (Å²) in [5.74, 6) is -0.587. The number of hydrogen-bond acceptors (Lipinski definition) is 11. The quantitative estimate of drug-likeness (QED) is 0.0158. The molecule has 0 aromatic heterocycles. The van der Waals surface area contributed by atoms with E-state index in [1.165, 1.54) is 186 Å². The van der Waals surface area contributed by atoms with Crippen LogP contribution in [0.4, 0.5) is 0 Å². The Labute approximate surface area is 408 Å². The summed E-state index contributed by atoms with van der Waals surface area (Å²) in [4.78, 5) is 23.6. The molecule has 0 aromatic carbocycles. The first-order valence-electron chi connectivity index (χ1n) is 27.7. The smallest absolute Gasteiger partial charge is 0.393 e. The zero-order valence-corrected chi connectivity index (χ0v) is 43.5. The van der Waals surface area contributed by atoms with Crippen molar-refractivity contribution in [2.45, 2.75) is 313 Å². The Morgan fingerprint density at radius 2 is 0.851 bits per heavy atom. The molecule has 0 aromatic rings. The molecule has 1 saturated carbocycles. The third kappa shape index (κ3) is 34.1. The summed E-state index contributed by atoms with van der Waals surface area (Å²) in [5, 5.41) is 74.8. The third-order valence-corrected chi connectivity index (χ3v) is 14.6. The lowest BCUT2D eigenvalue weighted by atomic mass is 9.85. The van der Waals surface area contributed by atoms with Crippen molar-refractivity contribution in [2.24, 2.45) is 0 Å². The number of aliphatic hydroxyl groups excluding tert-OH is 7. The highest BCUT2D eigenvalue weighted by Crippen LogP contribution is 2.47. The van der Waals surface area contributed by atoms with Crippen LogP contribution in [-0.2, 0) is 18.4 Å². The van der Waals surface area contributed by atoms with E-state index in [0.717, 1.165) is 44.9 Å². The molecular formula is C53H104NO12P. The largest absolute Gasteiger partial charge is 0.472 e. The van der Waals surface area contributed by atoms with Crippen LogP contribution in [-0.4, -0.2) is 108 Å². The monoisotopic (exact) mass is 978 g/mol. The molecule has 8 unspecified atom stereocenters. The van der Waals surface area contributed by atoms with E-state index in [4.69, 9.17) is 9.05 Å². The van der Waals surface area contributed by atoms with Crippen molar-refractivity contribution >= 4 is 13.7 Å². The van der Waals surface area contributed by atoms with E-state index in [9.17, 15) is 50.0 Å². The van der Waals surface area contributed by atoms with Gasteiger partial charge in [0.2, 0.25) is 5.91 Å². The Hall–Kier alpha value is -0.960. The maximum atomic E-state index is 13.1. The van der Waals surface area contributed by atoms with Crippen LogP contribution in [0.5, 0.6) is 0 Å². The maximum Gasteiger partial charge on any atom is 0.472 e. The Morgan fingerprint density at radius 3 is 1.22 bits per heavy atom. The van der Waals surface area contributed by atoms with Crippen molar-refractivity contribution in [3.8, 4) is 0 Å². The second-order valence-electron chi connectivity index (χ2n) is 20.0. The maximum absolute atomic E-state index is 13.1. The fourth-order valence-electron chi connectivity index (χ4n) is 9.13. The number of unbranched alkanes of at least 4 members (excludes halogenated alkanes) is 34. The molecule has 0 spiro atoms. The number of phosphoric acid groups is 1. The molecule has 1 amide bonds. The van der Waals surface area contributed by atoms with Gasteiger partial charge in [-0.1, -0.05) is 244 Å². The minimum absolute atomic E-state index is 0.239. The van der Waals surface area contributed by atoms with Crippen LogP contribution in [0.15, 0.2) is 12.2 Å². The van der Waals surface area contributed by atoms with Gasteiger partial charge in [-0.2, -0.15) is 0 Å². The zero-order chi connectivity index (χ0) is 49.4. The number of amides is 1. The highest BCUT2D eigenvalue weighted by atomic mass is 31.2. The molecule has 67 heavy (non-hydrogen) atoms. The first kappa shape index (κ1) is 64.1. The van der Waals surface area contributed by atoms with Gasteiger partial charge in [-0.25, -0.2) is 4.57 Å². The molecule has 14 heteroatoms. The molecule has 0 saturated heterocycles. The minimum atomic E-state index is -5.14. The van der Waals surface area contributed by atoms with E-state index >= 15 is 0 Å². The number of hydrogen-bond donors (Lipinski definition) is 9. The van der Waals surface area contributed by atoms with Gasteiger partial charge in [-0.05, 0) is 19.3 Å². The molecule has 0 aliphatic heterocycles. The van der Waals surface area contributed by atoms with Crippen molar-refractivity contribution in [1.29, 1.82) is 0 Å². The second kappa shape index (κ2) is 42.7. The van der Waals surface area contributed by atoms with Crippen molar-refractivity contribution in [3.63, 3.8) is 0 Å². The van der Waals surface area contributed by atoms with Gasteiger partial charge in [-0.15, -0.1) is 0 Å². The zero-order valence-electron chi connectivity index (χ0n) is 42.6. The van der Waals surface area contributed by atoms with E-state index in [1.54, 1.807) is 6.08 Å². The van der Waals surface area contributed by atoms with Crippen LogP contribution >= 0.6 is 7.82 Å². The summed E-state index contributed by atoms with van der Waals surface area (Å²) in [6.07, 6.45) is 34.3. The summed E-state index contributed by atoms with van der Waals surface area (Å²) < 4.78 is 23.0. The number of rotatable bonds is 47. The Balaban J connectivity index is 2.43. The summed E-state index contributed by atoms with van der Waals surface area (Å²) in [6.45, 7) is 3.79. The molecule has 8 atom stereocenters. The first-order valence-corrected chi connectivity index (χ1v) is 29.2. The lowest BCUT2D eigenvalue weighted by Crippen LogP contribution is -2.64. The summed E-state index contributed by atoms with van der Waals surface area (Å²) in [5.41, 5.74) is 0. The van der Waals surface area contributed by atoms with Crippen LogP contribution in [0.1, 0.15) is 258 Å². The van der Waals surface area contributed by atoms with Crippen molar-refractivity contribution in [3.05, 3.63) is 12.2 Å². The highest BCUT2D eigenvalue weighted by Gasteiger charge is 2.51. The molecule has 0 radical (unpaired) electrons. The fraction of sp³-hybridized carbons (Fsp3) is 0.943. The Bertz CT molecular complexity index is 1200. The molecule has 13 nitrogen and oxygen atoms in total. The molecule has 9 N–H and O–H groups in total. The van der Waals surface area contributed by atoms with E-state index in [1.807, 2.05) is 0 Å². The average molecular weight is 978 g/mol. The van der Waals surface area contributed by atoms with Crippen LogP contribution in [0.3, 0.4) is 0 Å². The topological polar surface area (TPSA) is 226 Å². The van der Waals surface area contributed by atoms with Gasteiger partial charge >= 0.3 is 7.82 Å². The number of nitrogens with one attached hydrogen (secondary N) is 1. The lowest BCUT2D eigenvalue weighted by molar-refractivity contribution is -0.220. The number of phosphoric ester groups is 1. The van der Waals surface area contributed by atoms with Crippen LogP contribution in [0.25, 0.3) is 0 Å². The van der Waals surface area contributed by atoms with Crippen LogP contribution in [0.2, 0.25) is 0 Å². The van der Waals surface area contributed by atoms with Gasteiger partial charge in [-0.3, -0.25) is 13.8 Å². The first-order chi connectivity index (χ1) is 32.3. The van der Waals surface area contributed by atoms with Gasteiger partial charge in [0.05, 0.1) is 31.3 Å². The molecule has 1 aliphatic rings. The van der Waals surface area contributed by atoms with Crippen molar-refractivity contribution in [1.82, 2.24) is 5.32 Å². The Kier molecular flexibility index (Phi) is 40.8. The van der Waals surface area contributed by atoms with Gasteiger partial charge in [0.25, 0.3) is 0 Å². The number of carbonyl (C=O) groups is 1. The molecule has 1 aliphatic carbocycles. The molecule has 1 rings (SSSR count). The van der Waals surface area contributed by atoms with E-state index in [0.29, 0.717) is 12.8 Å². The van der Waals surface area contributed by atoms with Gasteiger partial charge < -0.3 is 46.0 Å². The predicted octanol–water partition coefficient (Wildman–Crippen LogP) is 10.9. The molecule has 1 fully saturated rings. The van der Waals surface area contributed by atoms with E-state index in [-0.39, 0.29) is 6.42 Å². The predicted molar refractivity (Wildman–Crippen MR) is 271 cm³/mol. The second-order valence-corrected chi connectivity index (χ2v) is 21.4. The van der Waals surface area contributed by atoms with E-state index < -0.39 is 75.2 Å². The number of carbonyl (C=O) groups excluding carboxylic acids is 1. The molecule has 398 valence electrons. The van der Waals surface area contributed by atoms with E-state index in [2.05, 4.69) is 19.2 Å². The summed E-state index contributed by atoms with van der Waals surface area (Å²) in [7, 11) is -5.14. The summed E-state index contributed by atoms with van der Waals surface area (Å²) >= 11 is 0. The lowest BCUT2D eigenvalue weighted by Gasteiger charge is -2.41. The Morgan fingerprint density at radius 1 is 0.522 bits per heavy atom. The van der Waals surface area contributed by atoms with Gasteiger partial charge in [0, 0.05) is 0 Å². The van der Waals surface area contributed by atoms with Gasteiger partial charge in [0.1, 0.15) is 36.6 Å². The standard InChI is InChI=1S/C53H104NO12P/c1-3-5-7-9-11-13-15-17-19-21-22-23-25-26-28-30-32-34-36-38-40-44(55)42-47(57)54-45(43-65-67(63,64)66-53-51(61)49(59)48(58)50(60)52(53)62)46(56)41-39-37-35-33-31-29-27-24-20-18-16-14-12-10-8-6-4-2/h39,41,44-46,48-53,55-56,58-62H,3-38,40,42-43H2,1-2H3,(H,54,57)(H,63,64)/b41-39+. The van der Waals surface area contributed by atoms with Gasteiger partial charge in [0.15, 0.2) is 0 Å². The normalized spacial score (nSPS) is 22.2. The third-order valence-electron chi connectivity index (χ3n) is 13.6. The highest BCUT2D eigenvalue weighted by molar-refractivity contribution is 7.47. The minimum Gasteiger partial charge on any atom is -0.393 e. The van der Waals surface area contributed by atoms with Crippen molar-refractivity contribution < 1.29 is 59.0 Å². The van der Waals surface area contributed by atoms with Crippen LogP contribution in [0, 0.1) is 0 Å². The molecule has 0 bridgehead atoms. The fourth-order valence-corrected chi connectivity index (χ4v) is 10.1. The average Bonchev–Trinajstić information content (AvgIpc) is 3.30. The van der Waals surface area contributed by atoms with Crippen molar-refractivity contribution in [2.75, 3.05) is 6.61 Å². The molecule has 0 heterocycles.